The summed E-state index contributed by atoms with van der Waals surface area (Å²) >= 11 is 0. The molecule has 0 saturated heterocycles. The summed E-state index contributed by atoms with van der Waals surface area (Å²) in [7, 11) is 0. The van der Waals surface area contributed by atoms with E-state index in [2.05, 4.69) is 56.4 Å². The van der Waals surface area contributed by atoms with Crippen molar-refractivity contribution in [2.75, 3.05) is 5.32 Å². The molecule has 1 heteroatoms. The number of rotatable bonds is 1. The molecule has 1 nitrogen and oxygen atoms in total. The minimum Gasteiger partial charge on any atom is -0.376 e. The Bertz CT molecular complexity index is 352. The normalized spacial score (nSPS) is 25.8. The van der Waals surface area contributed by atoms with Gasteiger partial charge >= 0.3 is 0 Å². The van der Waals surface area contributed by atoms with Gasteiger partial charge in [0.05, 0.1) is 5.54 Å². The van der Waals surface area contributed by atoms with Gasteiger partial charge in [-0.05, 0) is 32.4 Å². The molecule has 1 unspecified atom stereocenters. The number of fused-ring (bicyclic) bond motifs is 1. The van der Waals surface area contributed by atoms with Crippen LogP contribution in [0.2, 0.25) is 0 Å². The first-order valence-electron chi connectivity index (χ1n) is 5.15. The largest absolute Gasteiger partial charge is 0.376 e. The number of hydrogen-bond acceptors (Lipinski definition) is 1. The molecule has 0 aliphatic carbocycles. The van der Waals surface area contributed by atoms with Crippen LogP contribution in [0.4, 0.5) is 5.69 Å². The molecule has 0 spiro atoms. The molecule has 0 bridgehead atoms. The van der Waals surface area contributed by atoms with E-state index in [1.807, 2.05) is 0 Å². The fraction of sp³-hybridized carbons (Fsp3) is 0.385. The Morgan fingerprint density at radius 2 is 2.14 bits per heavy atom. The van der Waals surface area contributed by atoms with E-state index >= 15 is 0 Å². The minimum atomic E-state index is 0.123. The minimum absolute atomic E-state index is 0.123. The number of nitrogens with one attached hydrogen (secondary N) is 1. The van der Waals surface area contributed by atoms with E-state index in [0.717, 1.165) is 6.42 Å². The second-order valence-electron chi connectivity index (χ2n) is 4.26. The Labute approximate surface area is 85.8 Å². The maximum absolute atomic E-state index is 3.59. The third-order valence-corrected chi connectivity index (χ3v) is 3.28. The lowest BCUT2D eigenvalue weighted by molar-refractivity contribution is 0.623. The van der Waals surface area contributed by atoms with Crippen LogP contribution in [0.15, 0.2) is 35.9 Å². The van der Waals surface area contributed by atoms with E-state index < -0.39 is 0 Å². The molecular formula is C13H17N. The zero-order chi connectivity index (χ0) is 10.2. The molecule has 0 radical (unpaired) electrons. The summed E-state index contributed by atoms with van der Waals surface area (Å²) in [5.74, 6) is 0. The van der Waals surface area contributed by atoms with E-state index in [1.54, 1.807) is 0 Å². The van der Waals surface area contributed by atoms with Crippen molar-refractivity contribution >= 4 is 5.69 Å². The van der Waals surface area contributed by atoms with Crippen molar-refractivity contribution in [1.82, 2.24) is 0 Å². The van der Waals surface area contributed by atoms with Crippen LogP contribution in [0.3, 0.4) is 0 Å². The number of hydrogen-bond donors (Lipinski definition) is 1. The molecule has 1 aliphatic heterocycles. The second kappa shape index (κ2) is 3.16. The van der Waals surface area contributed by atoms with Crippen molar-refractivity contribution in [2.24, 2.45) is 0 Å². The zero-order valence-corrected chi connectivity index (χ0v) is 9.09. The maximum atomic E-state index is 3.59. The number of benzene rings is 1. The van der Waals surface area contributed by atoms with Gasteiger partial charge in [0.25, 0.3) is 0 Å². The molecule has 0 fully saturated rings. The van der Waals surface area contributed by atoms with Gasteiger partial charge in [-0.3, -0.25) is 0 Å². The summed E-state index contributed by atoms with van der Waals surface area (Å²) in [6.45, 7) is 6.56. The van der Waals surface area contributed by atoms with E-state index in [1.165, 1.54) is 16.8 Å². The molecule has 1 N–H and O–H groups in total. The van der Waals surface area contributed by atoms with E-state index in [-0.39, 0.29) is 5.54 Å². The summed E-state index contributed by atoms with van der Waals surface area (Å²) in [5, 5.41) is 3.59. The molecule has 0 saturated carbocycles. The van der Waals surface area contributed by atoms with Gasteiger partial charge < -0.3 is 5.32 Å². The van der Waals surface area contributed by atoms with Crippen molar-refractivity contribution in [2.45, 2.75) is 32.7 Å². The van der Waals surface area contributed by atoms with Crippen LogP contribution < -0.4 is 5.32 Å². The highest BCUT2D eigenvalue weighted by Gasteiger charge is 2.32. The summed E-state index contributed by atoms with van der Waals surface area (Å²) < 4.78 is 0. The molecule has 1 heterocycles. The average molecular weight is 187 g/mol. The van der Waals surface area contributed by atoms with Gasteiger partial charge in [0, 0.05) is 12.1 Å². The Balaban J connectivity index is 2.35. The Morgan fingerprint density at radius 1 is 1.43 bits per heavy atom. The van der Waals surface area contributed by atoms with E-state index in [4.69, 9.17) is 0 Å². The van der Waals surface area contributed by atoms with Crippen LogP contribution in [0.5, 0.6) is 0 Å². The first-order valence-corrected chi connectivity index (χ1v) is 5.15. The monoisotopic (exact) mass is 187 g/mol. The molecule has 1 aliphatic rings. The first-order chi connectivity index (χ1) is 6.65. The lowest BCUT2D eigenvalue weighted by Crippen LogP contribution is -2.33. The third-order valence-electron chi connectivity index (χ3n) is 3.28. The SMILES string of the molecule is C/C=C(/C)C1(C)Cc2ccccc2N1. The third kappa shape index (κ3) is 1.33. The molecule has 0 amide bonds. The highest BCUT2D eigenvalue weighted by molar-refractivity contribution is 5.61. The van der Waals surface area contributed by atoms with Gasteiger partial charge in [0.1, 0.15) is 0 Å². The van der Waals surface area contributed by atoms with Gasteiger partial charge in [-0.2, -0.15) is 0 Å². The Hall–Kier alpha value is -1.24. The standard InChI is InChI=1S/C13H17N/c1-4-10(2)13(3)9-11-7-5-6-8-12(11)14-13/h4-8,14H,9H2,1-3H3/b10-4-. The smallest absolute Gasteiger partial charge is 0.0595 e. The highest BCUT2D eigenvalue weighted by Crippen LogP contribution is 2.36. The molecular weight excluding hydrogens is 170 g/mol. The average Bonchev–Trinajstić information content (AvgIpc) is 2.54. The van der Waals surface area contributed by atoms with Crippen molar-refractivity contribution < 1.29 is 0 Å². The number of anilines is 1. The van der Waals surface area contributed by atoms with Crippen LogP contribution in [0.1, 0.15) is 26.3 Å². The summed E-state index contributed by atoms with van der Waals surface area (Å²) in [6.07, 6.45) is 3.29. The van der Waals surface area contributed by atoms with Crippen molar-refractivity contribution in [3.63, 3.8) is 0 Å². The molecule has 1 aromatic rings. The van der Waals surface area contributed by atoms with Gasteiger partial charge in [0.15, 0.2) is 0 Å². The maximum Gasteiger partial charge on any atom is 0.0595 e. The molecule has 14 heavy (non-hydrogen) atoms. The van der Waals surface area contributed by atoms with Gasteiger partial charge in [-0.1, -0.05) is 29.8 Å². The lowest BCUT2D eigenvalue weighted by atomic mass is 9.90. The van der Waals surface area contributed by atoms with Crippen molar-refractivity contribution in [1.29, 1.82) is 0 Å². The van der Waals surface area contributed by atoms with E-state index in [0.29, 0.717) is 0 Å². The van der Waals surface area contributed by atoms with E-state index in [9.17, 15) is 0 Å². The van der Waals surface area contributed by atoms with Crippen LogP contribution in [0.25, 0.3) is 0 Å². The quantitative estimate of drug-likeness (QED) is 0.665. The van der Waals surface area contributed by atoms with Gasteiger partial charge in [0.2, 0.25) is 0 Å². The Kier molecular flexibility index (Phi) is 2.10. The lowest BCUT2D eigenvalue weighted by Gasteiger charge is -2.26. The van der Waals surface area contributed by atoms with Gasteiger partial charge in [-0.25, -0.2) is 0 Å². The molecule has 74 valence electrons. The molecule has 0 aromatic heterocycles. The molecule has 1 aromatic carbocycles. The topological polar surface area (TPSA) is 12.0 Å². The highest BCUT2D eigenvalue weighted by atomic mass is 15.0. The van der Waals surface area contributed by atoms with Crippen LogP contribution in [-0.4, -0.2) is 5.54 Å². The molecule has 2 rings (SSSR count). The number of para-hydroxylation sites is 1. The van der Waals surface area contributed by atoms with Crippen molar-refractivity contribution in [3.8, 4) is 0 Å². The van der Waals surface area contributed by atoms with Crippen LogP contribution >= 0.6 is 0 Å². The predicted octanol–water partition coefficient (Wildman–Crippen LogP) is 3.38. The fourth-order valence-electron chi connectivity index (χ4n) is 2.08. The fourth-order valence-corrected chi connectivity index (χ4v) is 2.08. The van der Waals surface area contributed by atoms with Crippen LogP contribution in [-0.2, 0) is 6.42 Å². The van der Waals surface area contributed by atoms with Crippen molar-refractivity contribution in [3.05, 3.63) is 41.5 Å². The number of allylic oxidation sites excluding steroid dienone is 1. The van der Waals surface area contributed by atoms with Gasteiger partial charge in [-0.15, -0.1) is 0 Å². The summed E-state index contributed by atoms with van der Waals surface area (Å²) in [6, 6.07) is 8.56. The Morgan fingerprint density at radius 3 is 2.79 bits per heavy atom. The summed E-state index contributed by atoms with van der Waals surface area (Å²) in [5.41, 5.74) is 4.25. The summed E-state index contributed by atoms with van der Waals surface area (Å²) in [4.78, 5) is 0. The molecule has 1 atom stereocenters. The predicted molar refractivity (Wildman–Crippen MR) is 61.6 cm³/mol. The first kappa shape index (κ1) is 9.32. The second-order valence-corrected chi connectivity index (χ2v) is 4.26. The zero-order valence-electron chi connectivity index (χ0n) is 9.09. The van der Waals surface area contributed by atoms with Crippen LogP contribution in [0, 0.1) is 0 Å².